The molecule has 3 amide bonds. The van der Waals surface area contributed by atoms with Crippen molar-refractivity contribution in [2.45, 2.75) is 30.9 Å². The van der Waals surface area contributed by atoms with E-state index in [1.54, 1.807) is 0 Å². The maximum absolute atomic E-state index is 13.6. The van der Waals surface area contributed by atoms with E-state index in [1.165, 1.54) is 47.2 Å². The normalized spacial score (nSPS) is 17.7. The van der Waals surface area contributed by atoms with Gasteiger partial charge in [0, 0.05) is 38.8 Å². The van der Waals surface area contributed by atoms with Crippen LogP contribution < -0.4 is 4.90 Å². The van der Waals surface area contributed by atoms with Crippen LogP contribution >= 0.6 is 0 Å². The Morgan fingerprint density at radius 3 is 2.08 bits per heavy atom. The molecule has 214 valence electrons. The molecule has 2 aromatic carbocycles. The first-order valence-corrected chi connectivity index (χ1v) is 11.7. The van der Waals surface area contributed by atoms with Gasteiger partial charge in [0.25, 0.3) is 0 Å². The molecule has 1 aliphatic rings. The maximum atomic E-state index is 13.6. The molecule has 3 aromatic rings. The van der Waals surface area contributed by atoms with Gasteiger partial charge in [-0.1, -0.05) is 12.1 Å². The van der Waals surface area contributed by atoms with E-state index >= 15 is 0 Å². The number of amides is 3. The van der Waals surface area contributed by atoms with E-state index in [0.29, 0.717) is 22.6 Å². The lowest BCUT2D eigenvalue weighted by atomic mass is 9.93. The Hall–Kier alpha value is -4.24. The lowest BCUT2D eigenvalue weighted by Gasteiger charge is -2.33. The van der Waals surface area contributed by atoms with Crippen LogP contribution in [0.25, 0.3) is 0 Å². The van der Waals surface area contributed by atoms with Gasteiger partial charge in [-0.3, -0.25) is 9.69 Å². The van der Waals surface area contributed by atoms with E-state index in [4.69, 9.17) is 0 Å². The highest BCUT2D eigenvalue weighted by molar-refractivity contribution is 5.92. The third-order valence-corrected chi connectivity index (χ3v) is 6.67. The summed E-state index contributed by atoms with van der Waals surface area (Å²) in [5.74, 6) is -1.46. The minimum absolute atomic E-state index is 0.0184. The van der Waals surface area contributed by atoms with Gasteiger partial charge >= 0.3 is 18.4 Å². The molecule has 1 aliphatic heterocycles. The molecule has 0 N–H and O–H groups in total. The fourth-order valence-corrected chi connectivity index (χ4v) is 4.53. The van der Waals surface area contributed by atoms with Gasteiger partial charge in [0.1, 0.15) is 18.7 Å². The predicted octanol–water partition coefficient (Wildman–Crippen LogP) is 4.03. The van der Waals surface area contributed by atoms with E-state index in [-0.39, 0.29) is 25.7 Å². The lowest BCUT2D eigenvalue weighted by Crippen LogP contribution is -2.48. The minimum Gasteiger partial charge on any atom is -0.338 e. The molecular weight excluding hydrogens is 551 g/mol. The number of nitrogens with zero attached hydrogens (tertiary/aromatic N) is 7. The van der Waals surface area contributed by atoms with Gasteiger partial charge < -0.3 is 9.80 Å². The first-order chi connectivity index (χ1) is 18.6. The summed E-state index contributed by atoms with van der Waals surface area (Å²) in [6.07, 6.45) is -8.95. The number of benzene rings is 2. The number of urea groups is 1. The molecule has 40 heavy (non-hydrogen) atoms. The number of rotatable bonds is 5. The van der Waals surface area contributed by atoms with E-state index < -0.39 is 58.9 Å². The van der Waals surface area contributed by atoms with E-state index in [0.717, 1.165) is 11.9 Å². The molecule has 1 saturated heterocycles. The summed E-state index contributed by atoms with van der Waals surface area (Å²) < 4.78 is 95.0. The number of likely N-dealkylation sites (N-methyl/N-ethyl adjacent to an activating group) is 1. The van der Waals surface area contributed by atoms with E-state index in [9.17, 15) is 40.3 Å². The Kier molecular flexibility index (Phi) is 7.72. The number of aromatic nitrogens is 4. The molecule has 4 rings (SSSR count). The van der Waals surface area contributed by atoms with Crippen LogP contribution in [-0.2, 0) is 23.7 Å². The highest BCUT2D eigenvalue weighted by atomic mass is 19.4. The number of halogens is 7. The van der Waals surface area contributed by atoms with E-state index in [2.05, 4.69) is 15.5 Å². The van der Waals surface area contributed by atoms with Crippen LogP contribution in [0.2, 0.25) is 0 Å². The summed E-state index contributed by atoms with van der Waals surface area (Å²) in [6, 6.07) is 4.57. The van der Waals surface area contributed by atoms with Gasteiger partial charge in [-0.05, 0) is 46.3 Å². The van der Waals surface area contributed by atoms with E-state index in [1.807, 2.05) is 0 Å². The standard InChI is InChI=1S/C24H22F7N7O2/c1-35(18-8-15(23(26,27)28)7-16(9-18)24(29,30)31)22(40)36(2)20-11-37(21(39)12-38-13-32-33-34-38)10-19(20)14-3-5-17(25)6-4-14/h3-9,13,19-20H,10-12H2,1-2H3/t19-,20+/m0/s1. The molecule has 0 saturated carbocycles. The molecule has 0 bridgehead atoms. The number of likely N-dealkylation sites (tertiary alicyclic amines) is 1. The van der Waals surface area contributed by atoms with Gasteiger partial charge in [0.05, 0.1) is 17.2 Å². The lowest BCUT2D eigenvalue weighted by molar-refractivity contribution is -0.143. The maximum Gasteiger partial charge on any atom is 0.416 e. The first-order valence-electron chi connectivity index (χ1n) is 11.7. The minimum atomic E-state index is -5.09. The number of carbonyl (C=O) groups is 2. The second-order valence-corrected chi connectivity index (χ2v) is 9.25. The second-order valence-electron chi connectivity index (χ2n) is 9.25. The summed E-state index contributed by atoms with van der Waals surface area (Å²) in [5.41, 5.74) is -3.18. The molecule has 0 aliphatic carbocycles. The highest BCUT2D eigenvalue weighted by Gasteiger charge is 2.42. The Labute approximate surface area is 222 Å². The van der Waals surface area contributed by atoms with Crippen molar-refractivity contribution in [3.05, 3.63) is 71.3 Å². The smallest absolute Gasteiger partial charge is 0.338 e. The van der Waals surface area contributed by atoms with Crippen LogP contribution in [0, 0.1) is 5.82 Å². The Balaban J connectivity index is 1.63. The van der Waals surface area contributed by atoms with Crippen molar-refractivity contribution in [3.8, 4) is 0 Å². The molecule has 1 fully saturated rings. The Morgan fingerprint density at radius 2 is 1.55 bits per heavy atom. The Morgan fingerprint density at radius 1 is 0.950 bits per heavy atom. The third kappa shape index (κ3) is 6.15. The summed E-state index contributed by atoms with van der Waals surface area (Å²) in [6.45, 7) is -0.131. The van der Waals surface area contributed by atoms with Crippen molar-refractivity contribution in [2.24, 2.45) is 0 Å². The van der Waals surface area contributed by atoms with Crippen molar-refractivity contribution >= 4 is 17.6 Å². The summed E-state index contributed by atoms with van der Waals surface area (Å²) in [5, 5.41) is 10.6. The third-order valence-electron chi connectivity index (χ3n) is 6.67. The first kappa shape index (κ1) is 28.8. The highest BCUT2D eigenvalue weighted by Crippen LogP contribution is 2.39. The van der Waals surface area contributed by atoms with Gasteiger partial charge in [-0.2, -0.15) is 26.3 Å². The number of carbonyl (C=O) groups excluding carboxylic acids is 2. The zero-order valence-electron chi connectivity index (χ0n) is 21.0. The fraction of sp³-hybridized carbons (Fsp3) is 0.375. The van der Waals surface area contributed by atoms with Crippen LogP contribution in [-0.4, -0.2) is 75.2 Å². The van der Waals surface area contributed by atoms with Crippen LogP contribution in [0.3, 0.4) is 0 Å². The molecule has 1 aromatic heterocycles. The topological polar surface area (TPSA) is 87.5 Å². The molecule has 2 heterocycles. The second kappa shape index (κ2) is 10.7. The molecule has 2 atom stereocenters. The van der Waals surface area contributed by atoms with Crippen LogP contribution in [0.1, 0.15) is 22.6 Å². The largest absolute Gasteiger partial charge is 0.416 e. The summed E-state index contributed by atoms with van der Waals surface area (Å²) >= 11 is 0. The van der Waals surface area contributed by atoms with Crippen molar-refractivity contribution in [1.29, 1.82) is 0 Å². The molecule has 0 radical (unpaired) electrons. The van der Waals surface area contributed by atoms with Crippen LogP contribution in [0.15, 0.2) is 48.8 Å². The predicted molar refractivity (Wildman–Crippen MR) is 125 cm³/mol. The van der Waals surface area contributed by atoms with Gasteiger partial charge in [-0.15, -0.1) is 5.10 Å². The van der Waals surface area contributed by atoms with Crippen molar-refractivity contribution in [1.82, 2.24) is 30.0 Å². The molecule has 16 heteroatoms. The molecule has 0 unspecified atom stereocenters. The number of hydrogen-bond acceptors (Lipinski definition) is 5. The van der Waals surface area contributed by atoms with Gasteiger partial charge in [0.15, 0.2) is 0 Å². The Bertz CT molecular complexity index is 1330. The number of hydrogen-bond donors (Lipinski definition) is 0. The van der Waals surface area contributed by atoms with Gasteiger partial charge in [-0.25, -0.2) is 13.9 Å². The average Bonchev–Trinajstić information content (AvgIpc) is 3.57. The zero-order chi connectivity index (χ0) is 29.4. The summed E-state index contributed by atoms with van der Waals surface area (Å²) in [7, 11) is 2.38. The fourth-order valence-electron chi connectivity index (χ4n) is 4.53. The number of tetrazole rings is 1. The average molecular weight is 573 g/mol. The van der Waals surface area contributed by atoms with Gasteiger partial charge in [0.2, 0.25) is 5.91 Å². The van der Waals surface area contributed by atoms with Crippen molar-refractivity contribution < 1.29 is 40.3 Å². The zero-order valence-corrected chi connectivity index (χ0v) is 21.0. The van der Waals surface area contributed by atoms with Crippen LogP contribution in [0.5, 0.6) is 0 Å². The number of anilines is 1. The molecule has 0 spiro atoms. The quantitative estimate of drug-likeness (QED) is 0.431. The van der Waals surface area contributed by atoms with Crippen LogP contribution in [0.4, 0.5) is 41.2 Å². The number of alkyl halides is 6. The van der Waals surface area contributed by atoms with Crippen molar-refractivity contribution in [2.75, 3.05) is 32.1 Å². The molecule has 9 nitrogen and oxygen atoms in total. The summed E-state index contributed by atoms with van der Waals surface area (Å²) in [4.78, 5) is 29.6. The SMILES string of the molecule is CN(C(=O)N(C)[C@@H]1CN(C(=O)Cn2cnnn2)C[C@H]1c1ccc(F)cc1)c1cc(C(F)(F)F)cc(C(F)(F)F)c1. The molecular formula is C24H22F7N7O2. The monoisotopic (exact) mass is 573 g/mol. The van der Waals surface area contributed by atoms with Crippen molar-refractivity contribution in [3.63, 3.8) is 0 Å².